The Labute approximate surface area is 149 Å². The van der Waals surface area contributed by atoms with Gasteiger partial charge in [0.05, 0.1) is 6.04 Å². The predicted molar refractivity (Wildman–Crippen MR) is 95.1 cm³/mol. The number of carbonyl (C=O) groups is 2. The normalized spacial score (nSPS) is 19.2. The van der Waals surface area contributed by atoms with E-state index >= 15 is 0 Å². The molecule has 0 aromatic heterocycles. The number of carbonyl (C=O) groups excluding carboxylic acids is 2. The van der Waals surface area contributed by atoms with E-state index in [4.69, 9.17) is 4.74 Å². The molecular formula is C19H27N3O3. The highest BCUT2D eigenvalue weighted by atomic mass is 16.5. The Balaban J connectivity index is 1.56. The number of benzene rings is 1. The number of nitrogens with zero attached hydrogens (tertiary/aromatic N) is 2. The summed E-state index contributed by atoms with van der Waals surface area (Å²) in [6.45, 7) is 2.36. The molecule has 0 radical (unpaired) electrons. The average Bonchev–Trinajstić information content (AvgIpc) is 2.60. The average molecular weight is 345 g/mol. The van der Waals surface area contributed by atoms with E-state index in [1.165, 1.54) is 31.9 Å². The summed E-state index contributed by atoms with van der Waals surface area (Å²) >= 11 is 0. The first-order valence-corrected chi connectivity index (χ1v) is 9.06. The number of hydrogen-bond acceptors (Lipinski definition) is 3. The number of ether oxygens (including phenoxy) is 1. The third-order valence-corrected chi connectivity index (χ3v) is 5.25. The summed E-state index contributed by atoms with van der Waals surface area (Å²) < 4.78 is 4.89. The zero-order valence-corrected chi connectivity index (χ0v) is 14.8. The van der Waals surface area contributed by atoms with Crippen molar-refractivity contribution in [3.8, 4) is 0 Å². The van der Waals surface area contributed by atoms with Gasteiger partial charge in [0.2, 0.25) is 5.91 Å². The van der Waals surface area contributed by atoms with Crippen molar-refractivity contribution >= 4 is 11.9 Å². The molecule has 136 valence electrons. The number of piperazine rings is 1. The molecule has 1 aromatic rings. The van der Waals surface area contributed by atoms with Gasteiger partial charge in [-0.05, 0) is 24.3 Å². The van der Waals surface area contributed by atoms with Crippen LogP contribution in [0.15, 0.2) is 30.3 Å². The Morgan fingerprint density at radius 3 is 2.32 bits per heavy atom. The highest BCUT2D eigenvalue weighted by molar-refractivity contribution is 5.78. The Kier molecular flexibility index (Phi) is 5.91. The van der Waals surface area contributed by atoms with Gasteiger partial charge in [-0.15, -0.1) is 0 Å². The second-order valence-electron chi connectivity index (χ2n) is 6.83. The minimum absolute atomic E-state index is 0.0146. The highest BCUT2D eigenvalue weighted by Gasteiger charge is 2.32. The summed E-state index contributed by atoms with van der Waals surface area (Å²) in [6.07, 6.45) is 3.57. The van der Waals surface area contributed by atoms with Crippen molar-refractivity contribution in [3.05, 3.63) is 35.9 Å². The van der Waals surface area contributed by atoms with Gasteiger partial charge in [-0.25, -0.2) is 4.79 Å². The van der Waals surface area contributed by atoms with Crippen LogP contribution in [0.1, 0.15) is 30.9 Å². The molecule has 25 heavy (non-hydrogen) atoms. The molecule has 0 bridgehead atoms. The van der Waals surface area contributed by atoms with E-state index in [9.17, 15) is 9.59 Å². The highest BCUT2D eigenvalue weighted by Crippen LogP contribution is 2.37. The van der Waals surface area contributed by atoms with Gasteiger partial charge < -0.3 is 19.9 Å². The summed E-state index contributed by atoms with van der Waals surface area (Å²) in [7, 11) is 1.52. The Bertz CT molecular complexity index is 581. The zero-order chi connectivity index (χ0) is 17.6. The molecule has 3 rings (SSSR count). The molecule has 0 spiro atoms. The largest absolute Gasteiger partial charge is 0.375 e. The van der Waals surface area contributed by atoms with Gasteiger partial charge in [0.25, 0.3) is 0 Å². The van der Waals surface area contributed by atoms with Crippen LogP contribution >= 0.6 is 0 Å². The maximum absolute atomic E-state index is 12.7. The van der Waals surface area contributed by atoms with Gasteiger partial charge >= 0.3 is 6.03 Å². The Hall–Kier alpha value is -2.08. The van der Waals surface area contributed by atoms with Crippen LogP contribution in [0, 0.1) is 5.92 Å². The van der Waals surface area contributed by atoms with E-state index in [1.807, 2.05) is 23.1 Å². The first-order valence-electron chi connectivity index (χ1n) is 9.06. The summed E-state index contributed by atoms with van der Waals surface area (Å²) in [5.41, 5.74) is 1.18. The molecule has 3 amide bonds. The number of rotatable bonds is 5. The third kappa shape index (κ3) is 4.31. The molecular weight excluding hydrogens is 318 g/mol. The van der Waals surface area contributed by atoms with Crippen molar-refractivity contribution in [3.63, 3.8) is 0 Å². The van der Waals surface area contributed by atoms with Gasteiger partial charge in [0, 0.05) is 33.3 Å². The summed E-state index contributed by atoms with van der Waals surface area (Å²) in [5.74, 6) is 0.509. The molecule has 2 fully saturated rings. The predicted octanol–water partition coefficient (Wildman–Crippen LogP) is 2.03. The van der Waals surface area contributed by atoms with Crippen LogP contribution in [0.5, 0.6) is 0 Å². The van der Waals surface area contributed by atoms with Gasteiger partial charge in [-0.3, -0.25) is 4.79 Å². The minimum atomic E-state index is -0.0282. The van der Waals surface area contributed by atoms with Crippen molar-refractivity contribution in [2.45, 2.75) is 25.3 Å². The van der Waals surface area contributed by atoms with Crippen molar-refractivity contribution in [2.24, 2.45) is 5.92 Å². The van der Waals surface area contributed by atoms with Crippen LogP contribution in [0.2, 0.25) is 0 Å². The molecule has 1 N–H and O–H groups in total. The smallest absolute Gasteiger partial charge is 0.318 e. The molecule has 1 aliphatic heterocycles. The van der Waals surface area contributed by atoms with Gasteiger partial charge in [-0.2, -0.15) is 0 Å². The van der Waals surface area contributed by atoms with Crippen molar-refractivity contribution in [1.29, 1.82) is 0 Å². The van der Waals surface area contributed by atoms with E-state index in [2.05, 4.69) is 17.4 Å². The molecule has 1 aliphatic carbocycles. The third-order valence-electron chi connectivity index (χ3n) is 5.25. The van der Waals surface area contributed by atoms with Gasteiger partial charge in [0.15, 0.2) is 0 Å². The molecule has 1 unspecified atom stereocenters. The summed E-state index contributed by atoms with van der Waals surface area (Å²) in [4.78, 5) is 28.1. The van der Waals surface area contributed by atoms with Crippen LogP contribution in [-0.4, -0.2) is 61.6 Å². The first-order chi connectivity index (χ1) is 12.2. The number of urea groups is 1. The maximum atomic E-state index is 12.7. The van der Waals surface area contributed by atoms with E-state index in [-0.39, 0.29) is 24.6 Å². The van der Waals surface area contributed by atoms with Crippen LogP contribution in [-0.2, 0) is 9.53 Å². The lowest BCUT2D eigenvalue weighted by molar-refractivity contribution is -0.136. The zero-order valence-electron chi connectivity index (χ0n) is 14.8. The SMILES string of the molecule is COCC(=O)N1CCN(C(=O)NC(c2ccccc2)C2CCC2)CC1. The maximum Gasteiger partial charge on any atom is 0.318 e. The number of hydrogen-bond donors (Lipinski definition) is 1. The van der Waals surface area contributed by atoms with Crippen LogP contribution < -0.4 is 5.32 Å². The van der Waals surface area contributed by atoms with E-state index < -0.39 is 0 Å². The molecule has 1 aromatic carbocycles. The lowest BCUT2D eigenvalue weighted by Gasteiger charge is -2.38. The number of nitrogens with one attached hydrogen (secondary N) is 1. The summed E-state index contributed by atoms with van der Waals surface area (Å²) in [5, 5.41) is 3.23. The van der Waals surface area contributed by atoms with Gasteiger partial charge in [0.1, 0.15) is 6.61 Å². The molecule has 1 saturated heterocycles. The fourth-order valence-electron chi connectivity index (χ4n) is 3.50. The fraction of sp³-hybridized carbons (Fsp3) is 0.579. The van der Waals surface area contributed by atoms with E-state index in [0.29, 0.717) is 32.1 Å². The second kappa shape index (κ2) is 8.34. The fourth-order valence-corrected chi connectivity index (χ4v) is 3.50. The number of methoxy groups -OCH3 is 1. The first kappa shape index (κ1) is 17.7. The lowest BCUT2D eigenvalue weighted by atomic mass is 9.77. The van der Waals surface area contributed by atoms with Crippen LogP contribution in [0.25, 0.3) is 0 Å². The molecule has 1 heterocycles. The van der Waals surface area contributed by atoms with Crippen molar-refractivity contribution in [1.82, 2.24) is 15.1 Å². The minimum Gasteiger partial charge on any atom is -0.375 e. The van der Waals surface area contributed by atoms with E-state index in [0.717, 1.165) is 0 Å². The van der Waals surface area contributed by atoms with Crippen LogP contribution in [0.4, 0.5) is 4.79 Å². The second-order valence-corrected chi connectivity index (χ2v) is 6.83. The topological polar surface area (TPSA) is 61.9 Å². The molecule has 1 atom stereocenters. The standard InChI is InChI=1S/C19H27N3O3/c1-25-14-17(23)21-10-12-22(13-11-21)19(24)20-18(16-8-5-9-16)15-6-3-2-4-7-15/h2-4,6-7,16,18H,5,8-14H2,1H3,(H,20,24). The molecule has 2 aliphatic rings. The summed E-state index contributed by atoms with van der Waals surface area (Å²) in [6, 6.07) is 10.3. The lowest BCUT2D eigenvalue weighted by Crippen LogP contribution is -2.54. The molecule has 1 saturated carbocycles. The number of amides is 3. The van der Waals surface area contributed by atoms with E-state index in [1.54, 1.807) is 4.90 Å². The monoisotopic (exact) mass is 345 g/mol. The van der Waals surface area contributed by atoms with Crippen molar-refractivity contribution in [2.75, 3.05) is 39.9 Å². The Morgan fingerprint density at radius 1 is 1.12 bits per heavy atom. The molecule has 6 heteroatoms. The van der Waals surface area contributed by atoms with Crippen LogP contribution in [0.3, 0.4) is 0 Å². The quantitative estimate of drug-likeness (QED) is 0.888. The van der Waals surface area contributed by atoms with Gasteiger partial charge in [-0.1, -0.05) is 36.8 Å². The molecule has 6 nitrogen and oxygen atoms in total. The van der Waals surface area contributed by atoms with Crippen molar-refractivity contribution < 1.29 is 14.3 Å². The Morgan fingerprint density at radius 2 is 1.76 bits per heavy atom.